The van der Waals surface area contributed by atoms with E-state index < -0.39 is 5.97 Å². The van der Waals surface area contributed by atoms with Crippen LogP contribution in [0.2, 0.25) is 0 Å². The Balaban J connectivity index is 0.000000367. The second-order valence-corrected chi connectivity index (χ2v) is 12.8. The normalized spacial score (nSPS) is 18.8. The van der Waals surface area contributed by atoms with Gasteiger partial charge in [-0.15, -0.1) is 0 Å². The smallest absolute Gasteiger partial charge is 0.303 e. The van der Waals surface area contributed by atoms with Gasteiger partial charge in [0.05, 0.1) is 0 Å². The summed E-state index contributed by atoms with van der Waals surface area (Å²) in [5.74, 6) is 0.401. The van der Waals surface area contributed by atoms with Gasteiger partial charge in [-0.2, -0.15) is 0 Å². The number of rotatable bonds is 3. The minimum absolute atomic E-state index is 0.109. The molecule has 1 fully saturated rings. The first kappa shape index (κ1) is 27.5. The predicted octanol–water partition coefficient (Wildman–Crippen LogP) is 6.57. The lowest BCUT2D eigenvalue weighted by Crippen LogP contribution is -2.57. The number of piperidine rings is 1. The van der Waals surface area contributed by atoms with Crippen molar-refractivity contribution in [3.8, 4) is 5.75 Å². The average Bonchev–Trinajstić information content (AvgIpc) is 2.48. The van der Waals surface area contributed by atoms with Crippen LogP contribution in [0.3, 0.4) is 0 Å². The van der Waals surface area contributed by atoms with E-state index in [9.17, 15) is 9.90 Å². The molecule has 0 spiro atoms. The summed E-state index contributed by atoms with van der Waals surface area (Å²) < 4.78 is 0. The van der Waals surface area contributed by atoms with E-state index in [4.69, 9.17) is 5.11 Å². The largest absolute Gasteiger partial charge is 0.507 e. The second kappa shape index (κ2) is 9.52. The van der Waals surface area contributed by atoms with Crippen molar-refractivity contribution in [3.63, 3.8) is 0 Å². The van der Waals surface area contributed by atoms with E-state index in [1.807, 2.05) is 12.1 Å². The number of aromatic hydroxyl groups is 1. The number of benzene rings is 1. The third kappa shape index (κ3) is 8.84. The Labute approximate surface area is 190 Å². The fraction of sp³-hybridized carbons (Fsp3) is 0.741. The third-order valence-corrected chi connectivity index (χ3v) is 5.81. The fourth-order valence-electron chi connectivity index (χ4n) is 5.07. The maximum absolute atomic E-state index is 10.8. The summed E-state index contributed by atoms with van der Waals surface area (Å²) in [6.07, 6.45) is 3.20. The van der Waals surface area contributed by atoms with Crippen LogP contribution < -0.4 is 5.32 Å². The number of carboxylic acid groups (broad SMARTS) is 1. The molecule has 0 bridgehead atoms. The van der Waals surface area contributed by atoms with Gasteiger partial charge >= 0.3 is 5.97 Å². The monoisotopic (exact) mass is 433 g/mol. The molecule has 1 saturated heterocycles. The molecule has 0 radical (unpaired) electrons. The number of hydrogen-bond acceptors (Lipinski definition) is 3. The quantitative estimate of drug-likeness (QED) is 0.504. The molecule has 1 aromatic rings. The van der Waals surface area contributed by atoms with Crippen LogP contribution in [-0.2, 0) is 22.0 Å². The molecule has 2 rings (SSSR count). The lowest BCUT2D eigenvalue weighted by Gasteiger charge is -2.45. The Morgan fingerprint density at radius 3 is 1.65 bits per heavy atom. The average molecular weight is 434 g/mol. The van der Waals surface area contributed by atoms with Crippen LogP contribution >= 0.6 is 0 Å². The molecule has 1 aliphatic heterocycles. The lowest BCUT2D eigenvalue weighted by molar-refractivity contribution is -0.136. The van der Waals surface area contributed by atoms with Crippen LogP contribution in [0.5, 0.6) is 5.75 Å². The Bertz CT molecular complexity index is 713. The molecular formula is C27H47NO3. The molecule has 0 atom stereocenters. The lowest BCUT2D eigenvalue weighted by atomic mass is 9.77. The van der Waals surface area contributed by atoms with Gasteiger partial charge in [0.2, 0.25) is 0 Å². The van der Waals surface area contributed by atoms with Crippen molar-refractivity contribution >= 4 is 5.97 Å². The second-order valence-electron chi connectivity index (χ2n) is 12.8. The van der Waals surface area contributed by atoms with Gasteiger partial charge in [-0.25, -0.2) is 0 Å². The van der Waals surface area contributed by atoms with Crippen molar-refractivity contribution < 1.29 is 15.0 Å². The van der Waals surface area contributed by atoms with Gasteiger partial charge in [0.1, 0.15) is 5.75 Å². The molecule has 4 nitrogen and oxygen atoms in total. The molecule has 1 aromatic carbocycles. The number of carbonyl (C=O) groups is 1. The molecule has 0 aromatic heterocycles. The first-order valence-electron chi connectivity index (χ1n) is 11.6. The van der Waals surface area contributed by atoms with E-state index in [2.05, 4.69) is 81.5 Å². The van der Waals surface area contributed by atoms with Crippen molar-refractivity contribution in [1.82, 2.24) is 5.32 Å². The summed E-state index contributed by atoms with van der Waals surface area (Å²) in [7, 11) is 0. The van der Waals surface area contributed by atoms with Gasteiger partial charge in [-0.05, 0) is 80.4 Å². The van der Waals surface area contributed by atoms with Gasteiger partial charge in [0.25, 0.3) is 0 Å². The number of carboxylic acids is 1. The van der Waals surface area contributed by atoms with Gasteiger partial charge in [0.15, 0.2) is 0 Å². The topological polar surface area (TPSA) is 69.6 Å². The molecular weight excluding hydrogens is 386 g/mol. The van der Waals surface area contributed by atoms with Crippen molar-refractivity contribution in [2.24, 2.45) is 5.92 Å². The van der Waals surface area contributed by atoms with Gasteiger partial charge in [-0.3, -0.25) is 4.79 Å². The number of aliphatic carboxylic acids is 1. The number of phenols is 1. The third-order valence-electron chi connectivity index (χ3n) is 5.81. The SMILES string of the molecule is CC(C)(C)c1cc(CCC(=O)O)cc(C(C)(C)C)c1O.CC1CC(C)(C)NC(C)(C)C1. The molecule has 31 heavy (non-hydrogen) atoms. The summed E-state index contributed by atoms with van der Waals surface area (Å²) in [4.78, 5) is 10.8. The summed E-state index contributed by atoms with van der Waals surface area (Å²) in [5, 5.41) is 23.0. The standard InChI is InChI=1S/C17H26O3.C10H21N/c1-16(2,3)12-9-11(7-8-14(18)19)10-13(15(12)20)17(4,5)6;1-8-6-9(2,3)11-10(4,5)7-8/h9-10,20H,7-8H2,1-6H3,(H,18,19);8,11H,6-7H2,1-5H3. The molecule has 4 heteroatoms. The molecule has 0 amide bonds. The van der Waals surface area contributed by atoms with Gasteiger partial charge in [-0.1, -0.05) is 60.6 Å². The Morgan fingerprint density at radius 2 is 1.35 bits per heavy atom. The summed E-state index contributed by atoms with van der Waals surface area (Å²) in [6, 6.07) is 3.88. The van der Waals surface area contributed by atoms with Crippen molar-refractivity contribution in [2.75, 3.05) is 0 Å². The number of phenolic OH excluding ortho intramolecular Hbond substituents is 1. The molecule has 0 aliphatic carbocycles. The number of nitrogens with one attached hydrogen (secondary N) is 1. The molecule has 0 unspecified atom stereocenters. The first-order chi connectivity index (χ1) is 13.7. The maximum Gasteiger partial charge on any atom is 0.303 e. The summed E-state index contributed by atoms with van der Waals surface area (Å²) in [5.41, 5.74) is 3.05. The van der Waals surface area contributed by atoms with Gasteiger partial charge < -0.3 is 15.5 Å². The van der Waals surface area contributed by atoms with Crippen molar-refractivity contribution in [3.05, 3.63) is 28.8 Å². The molecule has 1 heterocycles. The molecule has 178 valence electrons. The maximum atomic E-state index is 10.8. The minimum atomic E-state index is -0.798. The van der Waals surface area contributed by atoms with Crippen molar-refractivity contribution in [1.29, 1.82) is 0 Å². The van der Waals surface area contributed by atoms with Crippen LogP contribution in [0.1, 0.15) is 112 Å². The highest BCUT2D eigenvalue weighted by Gasteiger charge is 2.35. The zero-order valence-corrected chi connectivity index (χ0v) is 21.9. The highest BCUT2D eigenvalue weighted by Crippen LogP contribution is 2.40. The van der Waals surface area contributed by atoms with E-state index in [0.717, 1.165) is 22.6 Å². The Kier molecular flexibility index (Phi) is 8.44. The Morgan fingerprint density at radius 1 is 0.968 bits per heavy atom. The first-order valence-corrected chi connectivity index (χ1v) is 11.6. The van der Waals surface area contributed by atoms with Crippen LogP contribution in [0.4, 0.5) is 0 Å². The summed E-state index contributed by atoms with van der Waals surface area (Å²) >= 11 is 0. The predicted molar refractivity (Wildman–Crippen MR) is 131 cm³/mol. The zero-order chi connectivity index (χ0) is 24.4. The van der Waals surface area contributed by atoms with E-state index in [1.54, 1.807) is 0 Å². The number of hydrogen-bond donors (Lipinski definition) is 3. The molecule has 3 N–H and O–H groups in total. The zero-order valence-electron chi connectivity index (χ0n) is 21.9. The fourth-order valence-corrected chi connectivity index (χ4v) is 5.07. The highest BCUT2D eigenvalue weighted by atomic mass is 16.4. The number of aryl methyl sites for hydroxylation is 1. The van der Waals surface area contributed by atoms with E-state index in [-0.39, 0.29) is 17.3 Å². The van der Waals surface area contributed by atoms with E-state index in [1.165, 1.54) is 12.8 Å². The van der Waals surface area contributed by atoms with E-state index in [0.29, 0.717) is 23.2 Å². The highest BCUT2D eigenvalue weighted by molar-refractivity contribution is 5.67. The van der Waals surface area contributed by atoms with Gasteiger partial charge in [0, 0.05) is 17.5 Å². The van der Waals surface area contributed by atoms with Crippen molar-refractivity contribution in [2.45, 2.75) is 124 Å². The molecule has 1 aliphatic rings. The van der Waals surface area contributed by atoms with Crippen LogP contribution in [0, 0.1) is 5.92 Å². The van der Waals surface area contributed by atoms with Crippen LogP contribution in [-0.4, -0.2) is 27.3 Å². The minimum Gasteiger partial charge on any atom is -0.507 e. The Hall–Kier alpha value is -1.55. The molecule has 0 saturated carbocycles. The van der Waals surface area contributed by atoms with E-state index >= 15 is 0 Å². The van der Waals surface area contributed by atoms with Crippen LogP contribution in [0.15, 0.2) is 12.1 Å². The summed E-state index contributed by atoms with van der Waals surface area (Å²) in [6.45, 7) is 23.8. The van der Waals surface area contributed by atoms with Crippen LogP contribution in [0.25, 0.3) is 0 Å².